The largest absolute Gasteiger partial charge is 0.465 e. The third-order valence-corrected chi connectivity index (χ3v) is 3.61. The lowest BCUT2D eigenvalue weighted by atomic mass is 10.3. The molecular weight excluding hydrogens is 226 g/mol. The van der Waals surface area contributed by atoms with E-state index in [0.29, 0.717) is 13.1 Å². The minimum atomic E-state index is -0.806. The molecule has 0 aromatic carbocycles. The summed E-state index contributed by atoms with van der Waals surface area (Å²) in [6, 6.07) is 0. The van der Waals surface area contributed by atoms with Crippen molar-refractivity contribution in [2.45, 2.75) is 6.42 Å². The second kappa shape index (κ2) is 5.27. The zero-order valence-corrected chi connectivity index (χ0v) is 9.82. The Kier molecular flexibility index (Phi) is 3.74. The summed E-state index contributed by atoms with van der Waals surface area (Å²) in [6.45, 7) is 3.87. The Morgan fingerprint density at radius 1 is 1.44 bits per heavy atom. The molecule has 0 spiro atoms. The van der Waals surface area contributed by atoms with Crippen LogP contribution in [0.5, 0.6) is 0 Å². The van der Waals surface area contributed by atoms with E-state index in [9.17, 15) is 4.79 Å². The second-order valence-corrected chi connectivity index (χ2v) is 4.77. The molecule has 2 rings (SSSR count). The van der Waals surface area contributed by atoms with Crippen molar-refractivity contribution < 1.29 is 9.90 Å². The molecule has 1 fully saturated rings. The van der Waals surface area contributed by atoms with Crippen LogP contribution in [0.25, 0.3) is 0 Å². The van der Waals surface area contributed by atoms with E-state index in [4.69, 9.17) is 5.11 Å². The van der Waals surface area contributed by atoms with Crippen LogP contribution in [0.15, 0.2) is 11.6 Å². The van der Waals surface area contributed by atoms with Gasteiger partial charge in [-0.15, -0.1) is 11.3 Å². The average Bonchev–Trinajstić information content (AvgIpc) is 2.80. The lowest BCUT2D eigenvalue weighted by Gasteiger charge is -2.32. The van der Waals surface area contributed by atoms with E-state index in [0.717, 1.165) is 31.1 Å². The lowest BCUT2D eigenvalue weighted by Crippen LogP contribution is -2.48. The summed E-state index contributed by atoms with van der Waals surface area (Å²) in [5.41, 5.74) is 0. The van der Waals surface area contributed by atoms with Gasteiger partial charge in [-0.1, -0.05) is 0 Å². The van der Waals surface area contributed by atoms with Gasteiger partial charge in [0.05, 0.1) is 5.01 Å². The molecule has 1 aliphatic rings. The van der Waals surface area contributed by atoms with E-state index in [2.05, 4.69) is 9.88 Å². The second-order valence-electron chi connectivity index (χ2n) is 3.79. The van der Waals surface area contributed by atoms with Gasteiger partial charge in [-0.05, 0) is 0 Å². The molecule has 1 amide bonds. The maximum Gasteiger partial charge on any atom is 0.407 e. The molecule has 0 atom stereocenters. The van der Waals surface area contributed by atoms with Crippen LogP contribution in [-0.2, 0) is 6.42 Å². The van der Waals surface area contributed by atoms with Crippen LogP contribution >= 0.6 is 11.3 Å². The van der Waals surface area contributed by atoms with Crippen LogP contribution in [0.3, 0.4) is 0 Å². The molecule has 0 unspecified atom stereocenters. The van der Waals surface area contributed by atoms with Crippen LogP contribution in [0, 0.1) is 0 Å². The number of piperazine rings is 1. The molecule has 0 aliphatic carbocycles. The van der Waals surface area contributed by atoms with Gasteiger partial charge in [0.25, 0.3) is 0 Å². The van der Waals surface area contributed by atoms with Gasteiger partial charge >= 0.3 is 6.09 Å². The molecule has 1 aromatic rings. The standard InChI is InChI=1S/C10H15N3O2S/c14-10(15)13-6-4-12(5-7-13)3-1-9-11-2-8-16-9/h2,8H,1,3-7H2,(H,14,15). The van der Waals surface area contributed by atoms with Gasteiger partial charge in [0.1, 0.15) is 0 Å². The highest BCUT2D eigenvalue weighted by Crippen LogP contribution is 2.07. The predicted octanol–water partition coefficient (Wildman–Crippen LogP) is 0.981. The van der Waals surface area contributed by atoms with Crippen molar-refractivity contribution in [1.29, 1.82) is 0 Å². The van der Waals surface area contributed by atoms with Crippen molar-refractivity contribution in [3.8, 4) is 0 Å². The monoisotopic (exact) mass is 241 g/mol. The highest BCUT2D eigenvalue weighted by Gasteiger charge is 2.19. The van der Waals surface area contributed by atoms with Crippen molar-refractivity contribution in [2.75, 3.05) is 32.7 Å². The van der Waals surface area contributed by atoms with Gasteiger partial charge < -0.3 is 10.0 Å². The van der Waals surface area contributed by atoms with Gasteiger partial charge in [0.2, 0.25) is 0 Å². The van der Waals surface area contributed by atoms with Gasteiger partial charge in [0, 0.05) is 50.7 Å². The highest BCUT2D eigenvalue weighted by molar-refractivity contribution is 7.09. The summed E-state index contributed by atoms with van der Waals surface area (Å²) in [7, 11) is 0. The quantitative estimate of drug-likeness (QED) is 0.857. The molecule has 0 bridgehead atoms. The Labute approximate surface area is 98.3 Å². The minimum Gasteiger partial charge on any atom is -0.465 e. The van der Waals surface area contributed by atoms with Crippen molar-refractivity contribution in [1.82, 2.24) is 14.8 Å². The fourth-order valence-electron chi connectivity index (χ4n) is 1.79. The van der Waals surface area contributed by atoms with E-state index >= 15 is 0 Å². The minimum absolute atomic E-state index is 0.618. The molecule has 16 heavy (non-hydrogen) atoms. The van der Waals surface area contributed by atoms with Crippen molar-refractivity contribution in [3.05, 3.63) is 16.6 Å². The van der Waals surface area contributed by atoms with Crippen LogP contribution < -0.4 is 0 Å². The summed E-state index contributed by atoms with van der Waals surface area (Å²) >= 11 is 1.67. The van der Waals surface area contributed by atoms with Crippen molar-refractivity contribution in [2.24, 2.45) is 0 Å². The number of nitrogens with zero attached hydrogens (tertiary/aromatic N) is 3. The molecule has 1 N–H and O–H groups in total. The SMILES string of the molecule is O=C(O)N1CCN(CCc2nccs2)CC1. The Hall–Kier alpha value is -1.14. The zero-order chi connectivity index (χ0) is 11.4. The Bertz CT molecular complexity index is 334. The molecule has 5 nitrogen and oxygen atoms in total. The first-order chi connectivity index (χ1) is 7.75. The Balaban J connectivity index is 1.71. The van der Waals surface area contributed by atoms with Crippen LogP contribution in [-0.4, -0.2) is 58.7 Å². The molecule has 1 aromatic heterocycles. The highest BCUT2D eigenvalue weighted by atomic mass is 32.1. The van der Waals surface area contributed by atoms with E-state index < -0.39 is 6.09 Å². The van der Waals surface area contributed by atoms with E-state index in [-0.39, 0.29) is 0 Å². The van der Waals surface area contributed by atoms with Crippen molar-refractivity contribution in [3.63, 3.8) is 0 Å². The Morgan fingerprint density at radius 2 is 2.19 bits per heavy atom. The fraction of sp³-hybridized carbons (Fsp3) is 0.600. The number of hydrogen-bond donors (Lipinski definition) is 1. The molecule has 1 aliphatic heterocycles. The Morgan fingerprint density at radius 3 is 2.75 bits per heavy atom. The van der Waals surface area contributed by atoms with E-state index in [1.54, 1.807) is 11.3 Å². The van der Waals surface area contributed by atoms with E-state index in [1.165, 1.54) is 4.90 Å². The fourth-order valence-corrected chi connectivity index (χ4v) is 2.40. The van der Waals surface area contributed by atoms with E-state index in [1.807, 2.05) is 11.6 Å². The number of hydrogen-bond acceptors (Lipinski definition) is 4. The van der Waals surface area contributed by atoms with Gasteiger partial charge in [-0.25, -0.2) is 9.78 Å². The third kappa shape index (κ3) is 2.93. The van der Waals surface area contributed by atoms with Gasteiger partial charge in [-0.2, -0.15) is 0 Å². The number of amides is 1. The summed E-state index contributed by atoms with van der Waals surface area (Å²) in [5.74, 6) is 0. The summed E-state index contributed by atoms with van der Waals surface area (Å²) in [6.07, 6.45) is 1.98. The normalized spacial score (nSPS) is 17.6. The lowest BCUT2D eigenvalue weighted by molar-refractivity contribution is 0.106. The molecule has 88 valence electrons. The van der Waals surface area contributed by atoms with Crippen LogP contribution in [0.4, 0.5) is 4.79 Å². The molecule has 6 heteroatoms. The topological polar surface area (TPSA) is 56.7 Å². The smallest absolute Gasteiger partial charge is 0.407 e. The first kappa shape index (κ1) is 11.3. The van der Waals surface area contributed by atoms with Crippen molar-refractivity contribution >= 4 is 17.4 Å². The molecule has 0 radical (unpaired) electrons. The third-order valence-electron chi connectivity index (χ3n) is 2.77. The van der Waals surface area contributed by atoms with Gasteiger partial charge in [-0.3, -0.25) is 4.90 Å². The van der Waals surface area contributed by atoms with Crippen LogP contribution in [0.1, 0.15) is 5.01 Å². The summed E-state index contributed by atoms with van der Waals surface area (Å²) < 4.78 is 0. The maximum atomic E-state index is 10.7. The zero-order valence-electron chi connectivity index (χ0n) is 9.00. The number of carboxylic acid groups (broad SMARTS) is 1. The maximum absolute atomic E-state index is 10.7. The predicted molar refractivity (Wildman–Crippen MR) is 61.9 cm³/mol. The first-order valence-corrected chi connectivity index (χ1v) is 6.22. The van der Waals surface area contributed by atoms with Gasteiger partial charge in [0.15, 0.2) is 0 Å². The molecule has 0 saturated carbocycles. The number of aromatic nitrogens is 1. The number of thiazole rings is 1. The van der Waals surface area contributed by atoms with Crippen LogP contribution in [0.2, 0.25) is 0 Å². The average molecular weight is 241 g/mol. The summed E-state index contributed by atoms with van der Waals surface area (Å²) in [5, 5.41) is 11.9. The summed E-state index contributed by atoms with van der Waals surface area (Å²) in [4.78, 5) is 18.7. The number of carbonyl (C=O) groups is 1. The number of rotatable bonds is 3. The first-order valence-electron chi connectivity index (χ1n) is 5.34. The molecule has 2 heterocycles. The molecule has 1 saturated heterocycles. The molecular formula is C10H15N3O2S.